The zero-order valence-corrected chi connectivity index (χ0v) is 27.9. The van der Waals surface area contributed by atoms with Crippen molar-refractivity contribution in [2.75, 3.05) is 13.1 Å². The quantitative estimate of drug-likeness (QED) is 0.235. The molecule has 234 valence electrons. The van der Waals surface area contributed by atoms with Gasteiger partial charge >= 0.3 is 0 Å². The number of likely N-dealkylation sites (tertiary alicyclic amines) is 1. The van der Waals surface area contributed by atoms with E-state index in [0.717, 1.165) is 24.1 Å². The Morgan fingerprint density at radius 3 is 2.58 bits per heavy atom. The molecule has 2 unspecified atom stereocenters. The predicted molar refractivity (Wildman–Crippen MR) is 169 cm³/mol. The number of nitrogens with one attached hydrogen (secondary N) is 1. The van der Waals surface area contributed by atoms with Crippen LogP contribution in [0, 0.1) is 11.7 Å². The number of rotatable bonds is 12. The Balaban J connectivity index is 1.48. The van der Waals surface area contributed by atoms with E-state index in [0.29, 0.717) is 38.0 Å². The molecule has 4 rings (SSSR count). The molecular formula is C31H44FN5O4SSi. The van der Waals surface area contributed by atoms with E-state index in [1.165, 1.54) is 17.8 Å². The van der Waals surface area contributed by atoms with Crippen LogP contribution in [0.3, 0.4) is 0 Å². The van der Waals surface area contributed by atoms with E-state index in [1.807, 2.05) is 11.0 Å². The monoisotopic (exact) mass is 629 g/mol. The number of piperidine rings is 1. The van der Waals surface area contributed by atoms with Crippen molar-refractivity contribution in [2.24, 2.45) is 5.92 Å². The summed E-state index contributed by atoms with van der Waals surface area (Å²) < 4.78 is 22.6. The van der Waals surface area contributed by atoms with Crippen LogP contribution in [-0.4, -0.2) is 63.4 Å². The van der Waals surface area contributed by atoms with Crippen LogP contribution in [-0.2, 0) is 25.5 Å². The van der Waals surface area contributed by atoms with Crippen molar-refractivity contribution in [3.63, 3.8) is 0 Å². The number of Topliss-reactive ketones (excluding diaryl/α,β-unsaturated/α-hetero) is 1. The van der Waals surface area contributed by atoms with Gasteiger partial charge in [0.25, 0.3) is 0 Å². The number of nitrogens with zero attached hydrogens (tertiary/aromatic N) is 4. The van der Waals surface area contributed by atoms with Gasteiger partial charge in [0.2, 0.25) is 14.2 Å². The van der Waals surface area contributed by atoms with Crippen molar-refractivity contribution in [3.05, 3.63) is 53.1 Å². The lowest BCUT2D eigenvalue weighted by Gasteiger charge is -2.38. The van der Waals surface area contributed by atoms with Gasteiger partial charge in [-0.2, -0.15) is 0 Å². The minimum atomic E-state index is -2.10. The second kappa shape index (κ2) is 14.0. The summed E-state index contributed by atoms with van der Waals surface area (Å²) in [6, 6.07) is 5.84. The van der Waals surface area contributed by atoms with E-state index in [-0.39, 0.29) is 45.2 Å². The highest BCUT2D eigenvalue weighted by molar-refractivity contribution is 8.14. The minimum absolute atomic E-state index is 0.0154. The third-order valence-electron chi connectivity index (χ3n) is 8.58. The summed E-state index contributed by atoms with van der Waals surface area (Å²) in [5.41, 5.74) is 4.75. The zero-order valence-electron chi connectivity index (χ0n) is 26.1. The Morgan fingerprint density at radius 2 is 1.93 bits per heavy atom. The number of hydroxylamine groups is 1. The van der Waals surface area contributed by atoms with Gasteiger partial charge < -0.3 is 4.53 Å². The van der Waals surface area contributed by atoms with Gasteiger partial charge in [0.15, 0.2) is 10.9 Å². The fourth-order valence-electron chi connectivity index (χ4n) is 4.91. The van der Waals surface area contributed by atoms with Crippen LogP contribution in [0.5, 0.6) is 0 Å². The molecule has 0 spiro atoms. The predicted octanol–water partition coefficient (Wildman–Crippen LogP) is 5.71. The Bertz CT molecular complexity index is 1350. The first-order chi connectivity index (χ1) is 20.3. The normalized spacial score (nSPS) is 19.8. The lowest BCUT2D eigenvalue weighted by atomic mass is 9.93. The van der Waals surface area contributed by atoms with E-state index >= 15 is 0 Å². The number of carbonyl (C=O) groups is 3. The van der Waals surface area contributed by atoms with Crippen LogP contribution in [0.2, 0.25) is 18.1 Å². The Kier molecular flexibility index (Phi) is 10.8. The van der Waals surface area contributed by atoms with Crippen molar-refractivity contribution in [2.45, 2.75) is 95.8 Å². The van der Waals surface area contributed by atoms with Crippen molar-refractivity contribution in [1.29, 1.82) is 0 Å². The Morgan fingerprint density at radius 1 is 1.21 bits per heavy atom. The molecule has 0 radical (unpaired) electrons. The summed E-state index contributed by atoms with van der Waals surface area (Å²) in [4.78, 5) is 40.1. The average molecular weight is 630 g/mol. The van der Waals surface area contributed by atoms with Gasteiger partial charge in [0, 0.05) is 49.7 Å². The number of halogens is 1. The molecule has 9 nitrogen and oxygen atoms in total. The highest BCUT2D eigenvalue weighted by Gasteiger charge is 2.41. The number of hydrogen-bond acceptors (Lipinski definition) is 8. The van der Waals surface area contributed by atoms with Gasteiger partial charge in [-0.1, -0.05) is 55.9 Å². The number of benzene rings is 1. The highest BCUT2D eigenvalue weighted by Crippen LogP contribution is 2.41. The van der Waals surface area contributed by atoms with Crippen LogP contribution in [0.15, 0.2) is 36.0 Å². The molecule has 1 aromatic carbocycles. The molecule has 2 heterocycles. The summed E-state index contributed by atoms with van der Waals surface area (Å²) in [6.07, 6.45) is 6.78. The summed E-state index contributed by atoms with van der Waals surface area (Å²) in [5.74, 6) is -0.528. The van der Waals surface area contributed by atoms with Gasteiger partial charge in [-0.15, -0.1) is 5.10 Å². The molecule has 1 aromatic heterocycles. The SMILES string of the molecule is CC(=O)SC1CCN(C(C(=O)C2CC2)c2ccccc2F)C/C1=C\c1cnnn1CCCC(=O)NO[Si](C)(C)C(C)(C)C. The molecule has 1 aliphatic heterocycles. The van der Waals surface area contributed by atoms with E-state index in [4.69, 9.17) is 4.53 Å². The molecular weight excluding hydrogens is 586 g/mol. The Hall–Kier alpha value is -2.67. The summed E-state index contributed by atoms with van der Waals surface area (Å²) in [6.45, 7) is 13.5. The third-order valence-corrected chi connectivity index (χ3v) is 14.0. The molecule has 2 fully saturated rings. The maximum atomic E-state index is 15.0. The van der Waals surface area contributed by atoms with Crippen molar-refractivity contribution < 1.29 is 23.3 Å². The number of amides is 1. The maximum absolute atomic E-state index is 15.0. The van der Waals surface area contributed by atoms with Crippen LogP contribution in [0.25, 0.3) is 6.08 Å². The van der Waals surface area contributed by atoms with E-state index in [1.54, 1.807) is 36.0 Å². The van der Waals surface area contributed by atoms with Gasteiger partial charge in [-0.05, 0) is 61.5 Å². The number of hydrogen-bond donors (Lipinski definition) is 1. The van der Waals surface area contributed by atoms with Gasteiger partial charge in [-0.3, -0.25) is 19.3 Å². The largest absolute Gasteiger partial charge is 0.320 e. The number of ketones is 1. The highest BCUT2D eigenvalue weighted by atomic mass is 32.2. The van der Waals surface area contributed by atoms with Crippen LogP contribution >= 0.6 is 11.8 Å². The first-order valence-electron chi connectivity index (χ1n) is 15.0. The zero-order chi connectivity index (χ0) is 31.4. The molecule has 1 N–H and O–H groups in total. The number of aromatic nitrogens is 3. The number of aryl methyl sites for hydroxylation is 1. The van der Waals surface area contributed by atoms with Gasteiger partial charge in [0.1, 0.15) is 5.82 Å². The first kappa shape index (κ1) is 33.2. The van der Waals surface area contributed by atoms with Gasteiger partial charge in [0.05, 0.1) is 17.9 Å². The molecule has 2 aliphatic rings. The van der Waals surface area contributed by atoms with E-state index in [9.17, 15) is 18.8 Å². The lowest BCUT2D eigenvalue weighted by Crippen LogP contribution is -2.46. The van der Waals surface area contributed by atoms with Crippen LogP contribution < -0.4 is 5.48 Å². The smallest absolute Gasteiger partial charge is 0.242 e. The topological polar surface area (TPSA) is 106 Å². The molecule has 43 heavy (non-hydrogen) atoms. The van der Waals surface area contributed by atoms with Gasteiger partial charge in [-0.25, -0.2) is 14.6 Å². The molecule has 1 saturated heterocycles. The standard InChI is InChI=1S/C31H44FN5O4SSi/c1-21(38)42-27-15-17-36(29(30(40)22-13-14-22)25-10-7-8-11-26(25)32)20-23(27)18-24-19-33-35-37(24)16-9-12-28(39)34-41-43(5,6)31(2,3)4/h7-8,10-11,18-19,22,27,29H,9,12-17,20H2,1-6H3,(H,34,39)/b23-18+. The molecule has 1 amide bonds. The summed E-state index contributed by atoms with van der Waals surface area (Å²) in [5, 5.41) is 8.25. The van der Waals surface area contributed by atoms with Crippen molar-refractivity contribution in [3.8, 4) is 0 Å². The number of carbonyl (C=O) groups excluding carboxylic acids is 3. The van der Waals surface area contributed by atoms with Crippen molar-refractivity contribution in [1.82, 2.24) is 25.4 Å². The third kappa shape index (κ3) is 8.71. The van der Waals surface area contributed by atoms with Crippen LogP contribution in [0.1, 0.15) is 77.1 Å². The number of thioether (sulfide) groups is 1. The van der Waals surface area contributed by atoms with Crippen LogP contribution in [0.4, 0.5) is 4.39 Å². The minimum Gasteiger partial charge on any atom is -0.320 e. The molecule has 2 atom stereocenters. The summed E-state index contributed by atoms with van der Waals surface area (Å²) in [7, 11) is -2.10. The van der Waals surface area contributed by atoms with Crippen molar-refractivity contribution >= 4 is 43.0 Å². The molecule has 1 aliphatic carbocycles. The molecule has 1 saturated carbocycles. The fraction of sp³-hybridized carbons (Fsp3) is 0.581. The van der Waals surface area contributed by atoms with E-state index < -0.39 is 14.4 Å². The maximum Gasteiger partial charge on any atom is 0.242 e. The Labute approximate surface area is 259 Å². The second-order valence-electron chi connectivity index (χ2n) is 13.1. The first-order valence-corrected chi connectivity index (χ1v) is 18.8. The fourth-order valence-corrected chi connectivity index (χ4v) is 6.51. The summed E-state index contributed by atoms with van der Waals surface area (Å²) >= 11 is 1.28. The average Bonchev–Trinajstić information content (AvgIpc) is 3.70. The molecule has 2 aromatic rings. The van der Waals surface area contributed by atoms with E-state index in [2.05, 4.69) is 49.7 Å². The molecule has 0 bridgehead atoms. The molecule has 12 heteroatoms. The second-order valence-corrected chi connectivity index (χ2v) is 19.2. The lowest BCUT2D eigenvalue weighted by molar-refractivity contribution is -0.128.